The van der Waals surface area contributed by atoms with Crippen LogP contribution in [-0.4, -0.2) is 47.3 Å². The number of ether oxygens (including phenoxy) is 1. The number of hydrogen-bond donors (Lipinski definition) is 1. The first kappa shape index (κ1) is 9.93. The summed E-state index contributed by atoms with van der Waals surface area (Å²) in [7, 11) is 0. The van der Waals surface area contributed by atoms with Crippen molar-refractivity contribution >= 4 is 5.97 Å². The van der Waals surface area contributed by atoms with Crippen molar-refractivity contribution in [2.45, 2.75) is 37.8 Å². The monoisotopic (exact) mass is 199 g/mol. The molecule has 14 heavy (non-hydrogen) atoms. The van der Waals surface area contributed by atoms with Gasteiger partial charge in [-0.15, -0.1) is 0 Å². The molecule has 0 bridgehead atoms. The fourth-order valence-corrected chi connectivity index (χ4v) is 2.19. The summed E-state index contributed by atoms with van der Waals surface area (Å²) < 4.78 is 5.42. The van der Waals surface area contributed by atoms with Gasteiger partial charge in [-0.1, -0.05) is 0 Å². The predicted octanol–water partition coefficient (Wildman–Crippen LogP) is 0.714. The summed E-state index contributed by atoms with van der Waals surface area (Å²) in [6, 6.07) is 0.636. The SMILES string of the molecule is CCOC1(C(=O)O)CCN(C2CC2)C1. The van der Waals surface area contributed by atoms with Crippen molar-refractivity contribution in [3.8, 4) is 0 Å². The van der Waals surface area contributed by atoms with Gasteiger partial charge in [-0.05, 0) is 19.8 Å². The molecule has 1 aliphatic carbocycles. The number of carbonyl (C=O) groups is 1. The average molecular weight is 199 g/mol. The topological polar surface area (TPSA) is 49.8 Å². The molecular weight excluding hydrogens is 182 g/mol. The van der Waals surface area contributed by atoms with Crippen LogP contribution >= 0.6 is 0 Å². The Kier molecular flexibility index (Phi) is 2.49. The van der Waals surface area contributed by atoms with Gasteiger partial charge in [-0.25, -0.2) is 4.79 Å². The highest BCUT2D eigenvalue weighted by Crippen LogP contribution is 2.35. The highest BCUT2D eigenvalue weighted by atomic mass is 16.5. The van der Waals surface area contributed by atoms with E-state index in [1.165, 1.54) is 12.8 Å². The second-order valence-corrected chi connectivity index (χ2v) is 4.18. The molecule has 2 rings (SSSR count). The Morgan fingerprint density at radius 1 is 1.64 bits per heavy atom. The molecule has 2 aliphatic rings. The first-order valence-corrected chi connectivity index (χ1v) is 5.29. The average Bonchev–Trinajstić information content (AvgIpc) is 2.89. The van der Waals surface area contributed by atoms with E-state index in [1.54, 1.807) is 0 Å². The molecule has 0 aromatic rings. The maximum atomic E-state index is 11.2. The molecule has 1 aliphatic heterocycles. The van der Waals surface area contributed by atoms with E-state index >= 15 is 0 Å². The number of nitrogens with zero attached hydrogens (tertiary/aromatic N) is 1. The molecule has 1 unspecified atom stereocenters. The van der Waals surface area contributed by atoms with E-state index in [4.69, 9.17) is 9.84 Å². The van der Waals surface area contributed by atoms with E-state index in [-0.39, 0.29) is 0 Å². The lowest BCUT2D eigenvalue weighted by molar-refractivity contribution is -0.163. The van der Waals surface area contributed by atoms with Crippen molar-refractivity contribution in [2.75, 3.05) is 19.7 Å². The minimum Gasteiger partial charge on any atom is -0.479 e. The van der Waals surface area contributed by atoms with Gasteiger partial charge in [0.25, 0.3) is 0 Å². The summed E-state index contributed by atoms with van der Waals surface area (Å²) in [5.74, 6) is -0.803. The lowest BCUT2D eigenvalue weighted by Gasteiger charge is -2.24. The first-order valence-electron chi connectivity index (χ1n) is 5.29. The lowest BCUT2D eigenvalue weighted by Crippen LogP contribution is -2.44. The third kappa shape index (κ3) is 1.64. The van der Waals surface area contributed by atoms with Crippen LogP contribution in [0.1, 0.15) is 26.2 Å². The highest BCUT2D eigenvalue weighted by Gasteiger charge is 2.48. The van der Waals surface area contributed by atoms with Crippen LogP contribution in [0.4, 0.5) is 0 Å². The maximum Gasteiger partial charge on any atom is 0.337 e. The van der Waals surface area contributed by atoms with Gasteiger partial charge in [0, 0.05) is 32.2 Å². The molecule has 0 spiro atoms. The summed E-state index contributed by atoms with van der Waals surface area (Å²) in [6.45, 7) is 3.77. The minimum atomic E-state index is -0.919. The molecule has 2 fully saturated rings. The highest BCUT2D eigenvalue weighted by molar-refractivity contribution is 5.78. The Hall–Kier alpha value is -0.610. The molecule has 1 saturated heterocycles. The molecule has 1 atom stereocenters. The first-order chi connectivity index (χ1) is 6.68. The van der Waals surface area contributed by atoms with Gasteiger partial charge in [0.2, 0.25) is 0 Å². The van der Waals surface area contributed by atoms with Gasteiger partial charge in [-0.3, -0.25) is 4.90 Å². The molecule has 0 amide bonds. The van der Waals surface area contributed by atoms with Crippen molar-refractivity contribution in [1.29, 1.82) is 0 Å². The van der Waals surface area contributed by atoms with E-state index < -0.39 is 11.6 Å². The van der Waals surface area contributed by atoms with Gasteiger partial charge in [-0.2, -0.15) is 0 Å². The third-order valence-electron chi connectivity index (χ3n) is 3.14. The summed E-state index contributed by atoms with van der Waals surface area (Å²) in [5.41, 5.74) is -0.919. The number of aliphatic carboxylic acids is 1. The molecule has 1 heterocycles. The van der Waals surface area contributed by atoms with Gasteiger partial charge in [0.1, 0.15) is 0 Å². The number of likely N-dealkylation sites (tertiary alicyclic amines) is 1. The lowest BCUT2D eigenvalue weighted by atomic mass is 10.0. The van der Waals surface area contributed by atoms with E-state index in [1.807, 2.05) is 6.92 Å². The van der Waals surface area contributed by atoms with E-state index in [0.29, 0.717) is 25.6 Å². The van der Waals surface area contributed by atoms with Crippen LogP contribution in [-0.2, 0) is 9.53 Å². The molecule has 1 N–H and O–H groups in total. The Morgan fingerprint density at radius 2 is 2.36 bits per heavy atom. The van der Waals surface area contributed by atoms with Crippen LogP contribution in [0.5, 0.6) is 0 Å². The Balaban J connectivity index is 2.02. The Labute approximate surface area is 83.8 Å². The number of carboxylic acid groups (broad SMARTS) is 1. The Bertz CT molecular complexity index is 240. The summed E-state index contributed by atoms with van der Waals surface area (Å²) >= 11 is 0. The van der Waals surface area contributed by atoms with Crippen molar-refractivity contribution < 1.29 is 14.6 Å². The molecule has 4 heteroatoms. The van der Waals surface area contributed by atoms with Crippen molar-refractivity contribution in [2.24, 2.45) is 0 Å². The zero-order valence-electron chi connectivity index (χ0n) is 8.53. The normalized spacial score (nSPS) is 33.5. The van der Waals surface area contributed by atoms with E-state index in [0.717, 1.165) is 6.54 Å². The zero-order chi connectivity index (χ0) is 10.2. The molecule has 80 valence electrons. The van der Waals surface area contributed by atoms with E-state index in [9.17, 15) is 4.79 Å². The van der Waals surface area contributed by atoms with Gasteiger partial charge >= 0.3 is 5.97 Å². The van der Waals surface area contributed by atoms with Gasteiger partial charge in [0.15, 0.2) is 5.60 Å². The smallest absolute Gasteiger partial charge is 0.337 e. The van der Waals surface area contributed by atoms with Crippen LogP contribution in [0.2, 0.25) is 0 Å². The van der Waals surface area contributed by atoms with Gasteiger partial charge < -0.3 is 9.84 Å². The maximum absolute atomic E-state index is 11.2. The van der Waals surface area contributed by atoms with Crippen molar-refractivity contribution in [3.05, 3.63) is 0 Å². The second-order valence-electron chi connectivity index (χ2n) is 4.18. The summed E-state index contributed by atoms with van der Waals surface area (Å²) in [4.78, 5) is 13.4. The summed E-state index contributed by atoms with van der Waals surface area (Å²) in [5, 5.41) is 9.16. The number of hydrogen-bond acceptors (Lipinski definition) is 3. The minimum absolute atomic E-state index is 0.477. The number of rotatable bonds is 4. The number of carboxylic acids is 1. The zero-order valence-corrected chi connectivity index (χ0v) is 8.53. The summed E-state index contributed by atoms with van der Waals surface area (Å²) in [6.07, 6.45) is 3.08. The van der Waals surface area contributed by atoms with Crippen LogP contribution in [0, 0.1) is 0 Å². The molecule has 0 aromatic heterocycles. The predicted molar refractivity (Wildman–Crippen MR) is 51.2 cm³/mol. The van der Waals surface area contributed by atoms with E-state index in [2.05, 4.69) is 4.90 Å². The van der Waals surface area contributed by atoms with Crippen LogP contribution < -0.4 is 0 Å². The molecule has 4 nitrogen and oxygen atoms in total. The third-order valence-corrected chi connectivity index (χ3v) is 3.14. The second kappa shape index (κ2) is 3.51. The molecule has 1 saturated carbocycles. The fraction of sp³-hybridized carbons (Fsp3) is 0.900. The van der Waals surface area contributed by atoms with Crippen LogP contribution in [0.3, 0.4) is 0 Å². The van der Waals surface area contributed by atoms with Crippen LogP contribution in [0.25, 0.3) is 0 Å². The fourth-order valence-electron chi connectivity index (χ4n) is 2.19. The van der Waals surface area contributed by atoms with Crippen molar-refractivity contribution in [3.63, 3.8) is 0 Å². The standard InChI is InChI=1S/C10H17NO3/c1-2-14-10(9(12)13)5-6-11(7-10)8-3-4-8/h8H,2-7H2,1H3,(H,12,13). The largest absolute Gasteiger partial charge is 0.479 e. The molecular formula is C10H17NO3. The Morgan fingerprint density at radius 3 is 2.86 bits per heavy atom. The quantitative estimate of drug-likeness (QED) is 0.724. The van der Waals surface area contributed by atoms with Crippen molar-refractivity contribution in [1.82, 2.24) is 4.90 Å². The van der Waals surface area contributed by atoms with Gasteiger partial charge in [0.05, 0.1) is 0 Å². The molecule has 0 radical (unpaired) electrons. The van der Waals surface area contributed by atoms with Crippen LogP contribution in [0.15, 0.2) is 0 Å². The molecule has 0 aromatic carbocycles.